The van der Waals surface area contributed by atoms with Gasteiger partial charge in [-0.1, -0.05) is 29.8 Å². The lowest BCUT2D eigenvalue weighted by atomic mass is 10.1. The maximum Gasteiger partial charge on any atom is 0.264 e. The summed E-state index contributed by atoms with van der Waals surface area (Å²) in [5.41, 5.74) is 1.82. The number of anilines is 2. The number of methoxy groups -OCH3 is 2. The normalized spacial score (nSPS) is 13.5. The van der Waals surface area contributed by atoms with E-state index < -0.39 is 22.5 Å². The van der Waals surface area contributed by atoms with Gasteiger partial charge in [-0.05, 0) is 62.6 Å². The summed E-state index contributed by atoms with van der Waals surface area (Å²) in [5.74, 6) is -0.0190. The number of nitrogens with zero attached hydrogens (tertiary/aromatic N) is 2. The summed E-state index contributed by atoms with van der Waals surface area (Å²) < 4.78 is 39.2. The number of ether oxygens (including phenoxy) is 2. The SMILES string of the molecule is COc1ccc(N(CC(=O)Nc2ccccc2C(=O)N2CCCCC2)S(=O)(=O)c2ccc(C)cc2)cc1OC. The predicted octanol–water partition coefficient (Wildman–Crippen LogP) is 4.47. The number of nitrogens with one attached hydrogen (secondary N) is 1. The zero-order valence-corrected chi connectivity index (χ0v) is 23.2. The molecule has 0 aliphatic carbocycles. The zero-order valence-electron chi connectivity index (χ0n) is 22.3. The monoisotopic (exact) mass is 551 g/mol. The molecule has 0 unspecified atom stereocenters. The van der Waals surface area contributed by atoms with E-state index in [1.165, 1.54) is 32.4 Å². The number of likely N-dealkylation sites (tertiary alicyclic amines) is 1. The average Bonchev–Trinajstić information content (AvgIpc) is 2.96. The van der Waals surface area contributed by atoms with E-state index in [0.717, 1.165) is 29.1 Å². The molecule has 1 aliphatic rings. The van der Waals surface area contributed by atoms with Crippen LogP contribution in [-0.4, -0.2) is 59.0 Å². The molecule has 4 rings (SSSR count). The number of carbonyl (C=O) groups excluding carboxylic acids is 2. The van der Waals surface area contributed by atoms with Gasteiger partial charge in [0.25, 0.3) is 15.9 Å². The molecule has 0 atom stereocenters. The lowest BCUT2D eigenvalue weighted by Crippen LogP contribution is -2.39. The number of para-hydroxylation sites is 1. The molecule has 1 N–H and O–H groups in total. The van der Waals surface area contributed by atoms with Crippen molar-refractivity contribution in [2.24, 2.45) is 0 Å². The third kappa shape index (κ3) is 6.34. The van der Waals surface area contributed by atoms with Crippen molar-refractivity contribution in [2.45, 2.75) is 31.1 Å². The van der Waals surface area contributed by atoms with Gasteiger partial charge in [0, 0.05) is 19.2 Å². The second kappa shape index (κ2) is 12.2. The van der Waals surface area contributed by atoms with Crippen LogP contribution in [0.25, 0.3) is 0 Å². The number of benzene rings is 3. The van der Waals surface area contributed by atoms with Gasteiger partial charge in [-0.25, -0.2) is 8.42 Å². The fourth-order valence-corrected chi connectivity index (χ4v) is 5.91. The molecule has 0 aromatic heterocycles. The van der Waals surface area contributed by atoms with Crippen molar-refractivity contribution in [1.82, 2.24) is 4.90 Å². The number of hydrogen-bond acceptors (Lipinski definition) is 6. The second-order valence-corrected chi connectivity index (χ2v) is 11.2. The van der Waals surface area contributed by atoms with Gasteiger partial charge < -0.3 is 19.7 Å². The van der Waals surface area contributed by atoms with Crippen molar-refractivity contribution >= 4 is 33.2 Å². The summed E-state index contributed by atoms with van der Waals surface area (Å²) in [6.45, 7) is 2.67. The van der Waals surface area contributed by atoms with Crippen molar-refractivity contribution in [3.63, 3.8) is 0 Å². The van der Waals surface area contributed by atoms with Crippen LogP contribution in [0.2, 0.25) is 0 Å². The third-order valence-corrected chi connectivity index (χ3v) is 8.41. The summed E-state index contributed by atoms with van der Waals surface area (Å²) in [5, 5.41) is 2.77. The Hall–Kier alpha value is -4.05. The number of hydrogen-bond donors (Lipinski definition) is 1. The molecule has 206 valence electrons. The van der Waals surface area contributed by atoms with E-state index in [9.17, 15) is 18.0 Å². The molecule has 1 saturated heterocycles. The Labute approximate surface area is 229 Å². The summed E-state index contributed by atoms with van der Waals surface area (Å²) in [6.07, 6.45) is 2.97. The third-order valence-electron chi connectivity index (χ3n) is 6.63. The Kier molecular flexibility index (Phi) is 8.75. The minimum atomic E-state index is -4.15. The van der Waals surface area contributed by atoms with Gasteiger partial charge in [-0.2, -0.15) is 0 Å². The second-order valence-electron chi connectivity index (χ2n) is 9.31. The lowest BCUT2D eigenvalue weighted by molar-refractivity contribution is -0.114. The molecule has 0 spiro atoms. The minimum absolute atomic E-state index is 0.0383. The van der Waals surface area contributed by atoms with Gasteiger partial charge in [0.1, 0.15) is 6.54 Å². The van der Waals surface area contributed by atoms with E-state index in [2.05, 4.69) is 5.32 Å². The highest BCUT2D eigenvalue weighted by Crippen LogP contribution is 2.34. The topological polar surface area (TPSA) is 105 Å². The first-order valence-corrected chi connectivity index (χ1v) is 14.2. The molecule has 3 aromatic rings. The molecule has 0 bridgehead atoms. The standard InChI is InChI=1S/C29H33N3O6S/c1-21-11-14-23(15-12-21)39(35,36)32(22-13-16-26(37-2)27(19-22)38-3)20-28(33)30-25-10-6-5-9-24(25)29(34)31-17-7-4-8-18-31/h5-6,9-16,19H,4,7-8,17-18,20H2,1-3H3,(H,30,33). The molecule has 3 aromatic carbocycles. The molecule has 39 heavy (non-hydrogen) atoms. The molecule has 1 heterocycles. The number of piperidine rings is 1. The van der Waals surface area contributed by atoms with Gasteiger partial charge in [-0.3, -0.25) is 13.9 Å². The Balaban J connectivity index is 1.66. The van der Waals surface area contributed by atoms with Gasteiger partial charge in [0.15, 0.2) is 11.5 Å². The maximum absolute atomic E-state index is 13.8. The molecule has 1 fully saturated rings. The van der Waals surface area contributed by atoms with E-state index in [1.54, 1.807) is 53.4 Å². The summed E-state index contributed by atoms with van der Waals surface area (Å²) in [6, 6.07) is 17.8. The average molecular weight is 552 g/mol. The van der Waals surface area contributed by atoms with Crippen molar-refractivity contribution in [2.75, 3.05) is 43.5 Å². The van der Waals surface area contributed by atoms with Crippen molar-refractivity contribution in [3.05, 3.63) is 77.9 Å². The highest BCUT2D eigenvalue weighted by molar-refractivity contribution is 7.92. The van der Waals surface area contributed by atoms with E-state index >= 15 is 0 Å². The quantitative estimate of drug-likeness (QED) is 0.421. The van der Waals surface area contributed by atoms with Gasteiger partial charge >= 0.3 is 0 Å². The number of sulfonamides is 1. The first-order valence-electron chi connectivity index (χ1n) is 12.7. The van der Waals surface area contributed by atoms with Crippen LogP contribution in [0.3, 0.4) is 0 Å². The molecular formula is C29H33N3O6S. The number of amides is 2. The molecular weight excluding hydrogens is 518 g/mol. The van der Waals surface area contributed by atoms with Gasteiger partial charge in [-0.15, -0.1) is 0 Å². The van der Waals surface area contributed by atoms with Crippen LogP contribution in [0.1, 0.15) is 35.2 Å². The fraction of sp³-hybridized carbons (Fsp3) is 0.310. The van der Waals surface area contributed by atoms with E-state index in [0.29, 0.717) is 35.8 Å². The molecule has 1 aliphatic heterocycles. The number of carbonyl (C=O) groups is 2. The first-order chi connectivity index (χ1) is 18.7. The summed E-state index contributed by atoms with van der Waals surface area (Å²) in [4.78, 5) is 28.4. The molecule has 2 amide bonds. The summed E-state index contributed by atoms with van der Waals surface area (Å²) in [7, 11) is -1.22. The molecule has 0 radical (unpaired) electrons. The van der Waals surface area contributed by atoms with Crippen molar-refractivity contribution in [1.29, 1.82) is 0 Å². The van der Waals surface area contributed by atoms with Crippen LogP contribution in [0.5, 0.6) is 11.5 Å². The van der Waals surface area contributed by atoms with E-state index in [1.807, 2.05) is 6.92 Å². The fourth-order valence-electron chi connectivity index (χ4n) is 4.50. The maximum atomic E-state index is 13.8. The van der Waals surface area contributed by atoms with E-state index in [-0.39, 0.29) is 16.5 Å². The number of rotatable bonds is 9. The first kappa shape index (κ1) is 28.0. The Morgan fingerprint density at radius 2 is 1.56 bits per heavy atom. The highest BCUT2D eigenvalue weighted by Gasteiger charge is 2.29. The van der Waals surface area contributed by atoms with Crippen molar-refractivity contribution in [3.8, 4) is 11.5 Å². The predicted molar refractivity (Wildman–Crippen MR) is 150 cm³/mol. The Morgan fingerprint density at radius 1 is 0.897 bits per heavy atom. The molecule has 10 heteroatoms. The molecule has 0 saturated carbocycles. The van der Waals surface area contributed by atoms with Crippen molar-refractivity contribution < 1.29 is 27.5 Å². The van der Waals surface area contributed by atoms with Gasteiger partial charge in [0.05, 0.1) is 36.1 Å². The molecule has 9 nitrogen and oxygen atoms in total. The van der Waals surface area contributed by atoms with Gasteiger partial charge in [0.2, 0.25) is 5.91 Å². The highest BCUT2D eigenvalue weighted by atomic mass is 32.2. The van der Waals surface area contributed by atoms with Crippen LogP contribution in [0.4, 0.5) is 11.4 Å². The van der Waals surface area contributed by atoms with Crippen LogP contribution in [0, 0.1) is 6.92 Å². The minimum Gasteiger partial charge on any atom is -0.493 e. The van der Waals surface area contributed by atoms with Crippen LogP contribution >= 0.6 is 0 Å². The van der Waals surface area contributed by atoms with E-state index in [4.69, 9.17) is 9.47 Å². The van der Waals surface area contributed by atoms with Crippen LogP contribution in [0.15, 0.2) is 71.6 Å². The lowest BCUT2D eigenvalue weighted by Gasteiger charge is -2.28. The Morgan fingerprint density at radius 3 is 2.23 bits per heavy atom. The van der Waals surface area contributed by atoms with Crippen LogP contribution < -0.4 is 19.1 Å². The Bertz CT molecular complexity index is 1430. The number of aryl methyl sites for hydroxylation is 1. The largest absolute Gasteiger partial charge is 0.493 e. The summed E-state index contributed by atoms with van der Waals surface area (Å²) >= 11 is 0. The van der Waals surface area contributed by atoms with Crippen LogP contribution in [-0.2, 0) is 14.8 Å². The zero-order chi connectivity index (χ0) is 28.0. The smallest absolute Gasteiger partial charge is 0.264 e.